The van der Waals surface area contributed by atoms with E-state index in [0.717, 1.165) is 23.5 Å². The summed E-state index contributed by atoms with van der Waals surface area (Å²) in [6.45, 7) is 4.05. The number of rotatable bonds is 5. The highest BCUT2D eigenvalue weighted by Gasteiger charge is 2.34. The zero-order valence-corrected chi connectivity index (χ0v) is 19.3. The Bertz CT molecular complexity index is 1400. The molecule has 0 aliphatic carbocycles. The molecule has 8 nitrogen and oxygen atoms in total. The molecule has 3 heterocycles. The Morgan fingerprint density at radius 1 is 1.11 bits per heavy atom. The van der Waals surface area contributed by atoms with E-state index >= 15 is 0 Å². The number of halogens is 4. The van der Waals surface area contributed by atoms with Gasteiger partial charge >= 0.3 is 6.18 Å². The Labute approximate surface area is 203 Å². The summed E-state index contributed by atoms with van der Waals surface area (Å²) in [5.74, 6) is 0.445. The molecule has 188 valence electrons. The fourth-order valence-corrected chi connectivity index (χ4v) is 3.44. The number of nitrogens with one attached hydrogen (secondary N) is 1. The first kappa shape index (κ1) is 26.1. The zero-order chi connectivity index (χ0) is 26.5. The van der Waals surface area contributed by atoms with E-state index < -0.39 is 17.6 Å². The molecule has 0 fully saturated rings. The number of nitrogen functional groups attached to an aromatic ring is 1. The van der Waals surface area contributed by atoms with E-state index in [1.807, 2.05) is 18.2 Å². The van der Waals surface area contributed by atoms with Gasteiger partial charge in [0.05, 0.1) is 5.56 Å². The van der Waals surface area contributed by atoms with E-state index in [4.69, 9.17) is 15.5 Å². The van der Waals surface area contributed by atoms with E-state index in [-0.39, 0.29) is 17.9 Å². The Balaban J connectivity index is 0.00000115. The van der Waals surface area contributed by atoms with Gasteiger partial charge in [0, 0.05) is 36.3 Å². The first-order valence-electron chi connectivity index (χ1n) is 10.6. The Morgan fingerprint density at radius 2 is 1.83 bits per heavy atom. The van der Waals surface area contributed by atoms with Crippen LogP contribution in [0.2, 0.25) is 0 Å². The normalized spacial score (nSPS) is 11.5. The Morgan fingerprint density at radius 3 is 2.50 bits per heavy atom. The van der Waals surface area contributed by atoms with Gasteiger partial charge in [0.25, 0.3) is 0 Å². The topological polar surface area (TPSA) is 124 Å². The molecule has 0 atom stereocenters. The number of carbonyl (C=O) groups excluding carboxylic acids is 1. The summed E-state index contributed by atoms with van der Waals surface area (Å²) >= 11 is 0. The summed E-state index contributed by atoms with van der Waals surface area (Å²) in [5.41, 5.74) is 11.2. The van der Waals surface area contributed by atoms with Crippen molar-refractivity contribution in [2.24, 2.45) is 5.73 Å². The lowest BCUT2D eigenvalue weighted by Gasteiger charge is -2.08. The molecule has 0 saturated heterocycles. The molecular weight excluding hydrogens is 478 g/mol. The molecule has 12 heteroatoms. The lowest BCUT2D eigenvalue weighted by molar-refractivity contribution is -0.140. The predicted molar refractivity (Wildman–Crippen MR) is 129 cm³/mol. The minimum Gasteiger partial charge on any atom is -0.382 e. The van der Waals surface area contributed by atoms with Crippen LogP contribution in [-0.4, -0.2) is 25.8 Å². The van der Waals surface area contributed by atoms with Crippen LogP contribution < -0.4 is 16.8 Å². The molecule has 0 bridgehead atoms. The van der Waals surface area contributed by atoms with Crippen LogP contribution in [0, 0.1) is 5.82 Å². The van der Waals surface area contributed by atoms with Gasteiger partial charge in [-0.1, -0.05) is 19.9 Å². The average Bonchev–Trinajstić information content (AvgIpc) is 3.22. The predicted octanol–water partition coefficient (Wildman–Crippen LogP) is 4.84. The number of hydrogen-bond acceptors (Lipinski definition) is 6. The molecular formula is C24H23F4N7O. The minimum absolute atomic E-state index is 0.146. The largest absolute Gasteiger partial charge is 0.419 e. The molecule has 5 N–H and O–H groups in total. The number of primary amides is 1. The quantitative estimate of drug-likeness (QED) is 0.266. The monoisotopic (exact) mass is 501 g/mol. The number of aromatic nitrogens is 4. The number of amides is 1. The van der Waals surface area contributed by atoms with Gasteiger partial charge in [0.15, 0.2) is 0 Å². The van der Waals surface area contributed by atoms with Crippen molar-refractivity contribution in [1.29, 1.82) is 0 Å². The van der Waals surface area contributed by atoms with Crippen molar-refractivity contribution in [1.82, 2.24) is 19.4 Å². The van der Waals surface area contributed by atoms with Crippen molar-refractivity contribution < 1.29 is 22.4 Å². The highest BCUT2D eigenvalue weighted by molar-refractivity contribution is 5.86. The van der Waals surface area contributed by atoms with Gasteiger partial charge in [0.2, 0.25) is 6.41 Å². The van der Waals surface area contributed by atoms with Gasteiger partial charge in [0.1, 0.15) is 34.5 Å². The standard InChI is InChI=1S/C23H20F4N6.CH3NO/c1-13(2)22-32-19(20-21(28)31-9-10-33(20)22)15-6-8-30-18(12-15)29-7-5-14-3-4-17(24)16(11-14)23(25,26)27;2-1-3/h3-13H,1-2H3,(H2,28,31)(H,29,30);1H,(H2,2,3)/b7-5+;. The van der Waals surface area contributed by atoms with E-state index in [1.54, 1.807) is 30.7 Å². The molecule has 1 aromatic carbocycles. The molecule has 0 aliphatic rings. The lowest BCUT2D eigenvalue weighted by atomic mass is 10.1. The highest BCUT2D eigenvalue weighted by Crippen LogP contribution is 2.33. The number of carbonyl (C=O) groups is 1. The number of nitrogens with two attached hydrogens (primary N) is 2. The van der Waals surface area contributed by atoms with Gasteiger partial charge in [-0.2, -0.15) is 13.2 Å². The Hall–Kier alpha value is -4.48. The summed E-state index contributed by atoms with van der Waals surface area (Å²) in [7, 11) is 0. The molecule has 36 heavy (non-hydrogen) atoms. The van der Waals surface area contributed by atoms with E-state index in [0.29, 0.717) is 22.8 Å². The van der Waals surface area contributed by atoms with Crippen LogP contribution >= 0.6 is 0 Å². The molecule has 3 aromatic heterocycles. The van der Waals surface area contributed by atoms with Crippen molar-refractivity contribution in [2.75, 3.05) is 11.1 Å². The van der Waals surface area contributed by atoms with E-state index in [9.17, 15) is 17.6 Å². The first-order valence-corrected chi connectivity index (χ1v) is 10.6. The van der Waals surface area contributed by atoms with E-state index in [1.165, 1.54) is 18.3 Å². The molecule has 0 spiro atoms. The van der Waals surface area contributed by atoms with Crippen molar-refractivity contribution in [3.8, 4) is 11.3 Å². The number of anilines is 2. The van der Waals surface area contributed by atoms with Crippen LogP contribution in [0.25, 0.3) is 22.9 Å². The van der Waals surface area contributed by atoms with Gasteiger partial charge in [-0.3, -0.25) is 9.20 Å². The van der Waals surface area contributed by atoms with Gasteiger partial charge in [-0.25, -0.2) is 19.3 Å². The number of hydrogen-bond donors (Lipinski definition) is 3. The molecule has 0 aliphatic heterocycles. The van der Waals surface area contributed by atoms with Gasteiger partial charge < -0.3 is 16.8 Å². The van der Waals surface area contributed by atoms with Crippen LogP contribution in [0.4, 0.5) is 29.2 Å². The SMILES string of the molecule is CC(C)c1nc(-c2ccnc(N/C=C/c3ccc(F)c(C(F)(F)F)c3)c2)c2c(N)nccn12.NC=O. The molecule has 4 aromatic rings. The number of fused-ring (bicyclic) bond motifs is 1. The summed E-state index contributed by atoms with van der Waals surface area (Å²) < 4.78 is 54.1. The minimum atomic E-state index is -4.77. The first-order chi connectivity index (χ1) is 17.1. The average molecular weight is 501 g/mol. The summed E-state index contributed by atoms with van der Waals surface area (Å²) in [6, 6.07) is 6.32. The third-order valence-corrected chi connectivity index (χ3v) is 4.96. The summed E-state index contributed by atoms with van der Waals surface area (Å²) in [4.78, 5) is 21.7. The third kappa shape index (κ3) is 5.77. The van der Waals surface area contributed by atoms with Crippen LogP contribution in [0.3, 0.4) is 0 Å². The van der Waals surface area contributed by atoms with Gasteiger partial charge in [-0.05, 0) is 35.9 Å². The number of benzene rings is 1. The van der Waals surface area contributed by atoms with Crippen molar-refractivity contribution in [3.63, 3.8) is 0 Å². The number of imidazole rings is 1. The second-order valence-electron chi connectivity index (χ2n) is 7.78. The van der Waals surface area contributed by atoms with Crippen molar-refractivity contribution in [3.05, 3.63) is 77.9 Å². The molecule has 1 amide bonds. The fourth-order valence-electron chi connectivity index (χ4n) is 3.44. The van der Waals surface area contributed by atoms with Crippen molar-refractivity contribution >= 4 is 29.6 Å². The lowest BCUT2D eigenvalue weighted by Crippen LogP contribution is -2.08. The highest BCUT2D eigenvalue weighted by atomic mass is 19.4. The maximum Gasteiger partial charge on any atom is 0.419 e. The smallest absolute Gasteiger partial charge is 0.382 e. The van der Waals surface area contributed by atoms with E-state index in [2.05, 4.69) is 21.0 Å². The second-order valence-corrected chi connectivity index (χ2v) is 7.78. The zero-order valence-electron chi connectivity index (χ0n) is 19.3. The summed E-state index contributed by atoms with van der Waals surface area (Å²) in [5, 5.41) is 2.92. The van der Waals surface area contributed by atoms with Crippen LogP contribution in [0.5, 0.6) is 0 Å². The number of pyridine rings is 1. The number of nitrogens with zero attached hydrogens (tertiary/aromatic N) is 4. The van der Waals surface area contributed by atoms with Crippen LogP contribution in [0.15, 0.2) is 55.1 Å². The maximum absolute atomic E-state index is 13.5. The molecule has 4 rings (SSSR count). The maximum atomic E-state index is 13.5. The van der Waals surface area contributed by atoms with Crippen LogP contribution in [-0.2, 0) is 11.0 Å². The fraction of sp³-hybridized carbons (Fsp3) is 0.167. The summed E-state index contributed by atoms with van der Waals surface area (Å²) in [6.07, 6.45) is 3.31. The van der Waals surface area contributed by atoms with Crippen LogP contribution in [0.1, 0.15) is 36.7 Å². The molecule has 0 radical (unpaired) electrons. The second kappa shape index (κ2) is 10.8. The van der Waals surface area contributed by atoms with Crippen molar-refractivity contribution in [2.45, 2.75) is 25.9 Å². The van der Waals surface area contributed by atoms with Gasteiger partial charge in [-0.15, -0.1) is 0 Å². The Kier molecular flexibility index (Phi) is 7.87. The molecule has 0 unspecified atom stereocenters. The number of alkyl halides is 3. The third-order valence-electron chi connectivity index (χ3n) is 4.96. The molecule has 0 saturated carbocycles.